The highest BCUT2D eigenvalue weighted by Gasteiger charge is 2.19. The number of hydrogen-bond acceptors (Lipinski definition) is 5. The molecule has 0 spiro atoms. The van der Waals surface area contributed by atoms with Gasteiger partial charge in [0.05, 0.1) is 11.1 Å². The molecule has 0 saturated heterocycles. The van der Waals surface area contributed by atoms with Gasteiger partial charge in [-0.05, 0) is 26.0 Å². The molecule has 0 radical (unpaired) electrons. The van der Waals surface area contributed by atoms with Crippen LogP contribution in [-0.2, 0) is 9.63 Å². The van der Waals surface area contributed by atoms with Crippen LogP contribution in [0.3, 0.4) is 0 Å². The van der Waals surface area contributed by atoms with Crippen LogP contribution in [0.25, 0.3) is 0 Å². The number of carbonyl (C=O) groups is 1. The number of benzene rings is 2. The van der Waals surface area contributed by atoms with Gasteiger partial charge in [-0.3, -0.25) is 14.9 Å². The molecule has 130 valence electrons. The van der Waals surface area contributed by atoms with Crippen molar-refractivity contribution < 1.29 is 14.6 Å². The lowest BCUT2D eigenvalue weighted by atomic mass is 10.2. The molecule has 0 fully saturated rings. The first-order valence-corrected chi connectivity index (χ1v) is 7.76. The van der Waals surface area contributed by atoms with Gasteiger partial charge in [0, 0.05) is 29.4 Å². The SMILES string of the molecule is CC(C)N(C(=O)CO/N=C/c1cccc([N+](=O)[O-])c1)c1ccccc1. The van der Waals surface area contributed by atoms with Gasteiger partial charge in [0.1, 0.15) is 0 Å². The standard InChI is InChI=1S/C18H19N3O4/c1-14(2)20(16-8-4-3-5-9-16)18(22)13-25-19-12-15-7-6-10-17(11-15)21(23)24/h3-12,14H,13H2,1-2H3/b19-12+. The minimum atomic E-state index is -0.484. The molecule has 2 rings (SSSR count). The monoisotopic (exact) mass is 341 g/mol. The first-order chi connectivity index (χ1) is 12.0. The fourth-order valence-electron chi connectivity index (χ4n) is 2.30. The number of nitro benzene ring substituents is 1. The van der Waals surface area contributed by atoms with Crippen LogP contribution >= 0.6 is 0 Å². The van der Waals surface area contributed by atoms with E-state index in [1.54, 1.807) is 17.0 Å². The third-order valence-electron chi connectivity index (χ3n) is 3.36. The van der Waals surface area contributed by atoms with E-state index in [4.69, 9.17) is 4.84 Å². The van der Waals surface area contributed by atoms with Crippen molar-refractivity contribution in [1.29, 1.82) is 0 Å². The molecule has 0 atom stereocenters. The van der Waals surface area contributed by atoms with E-state index in [0.717, 1.165) is 5.69 Å². The first-order valence-electron chi connectivity index (χ1n) is 7.76. The number of rotatable bonds is 7. The molecule has 2 aromatic rings. The quantitative estimate of drug-likeness (QED) is 0.439. The van der Waals surface area contributed by atoms with Crippen molar-refractivity contribution >= 4 is 23.5 Å². The van der Waals surface area contributed by atoms with E-state index in [1.165, 1.54) is 18.3 Å². The Morgan fingerprint density at radius 2 is 1.96 bits per heavy atom. The molecule has 2 aromatic carbocycles. The Hall–Kier alpha value is -3.22. The number of nitro groups is 1. The van der Waals surface area contributed by atoms with Gasteiger partial charge in [-0.15, -0.1) is 0 Å². The minimum absolute atomic E-state index is 0.0285. The van der Waals surface area contributed by atoms with E-state index >= 15 is 0 Å². The molecular weight excluding hydrogens is 322 g/mol. The topological polar surface area (TPSA) is 85.0 Å². The average Bonchev–Trinajstić information content (AvgIpc) is 2.60. The van der Waals surface area contributed by atoms with Crippen molar-refractivity contribution in [2.24, 2.45) is 5.16 Å². The van der Waals surface area contributed by atoms with Gasteiger partial charge in [-0.2, -0.15) is 0 Å². The highest BCUT2D eigenvalue weighted by Crippen LogP contribution is 2.16. The lowest BCUT2D eigenvalue weighted by Crippen LogP contribution is -2.39. The number of amides is 1. The van der Waals surface area contributed by atoms with Crippen molar-refractivity contribution in [3.63, 3.8) is 0 Å². The van der Waals surface area contributed by atoms with E-state index in [0.29, 0.717) is 5.56 Å². The summed E-state index contributed by atoms with van der Waals surface area (Å²) in [6, 6.07) is 15.3. The summed E-state index contributed by atoms with van der Waals surface area (Å²) in [6.07, 6.45) is 1.34. The zero-order valence-electron chi connectivity index (χ0n) is 14.0. The number of anilines is 1. The molecule has 0 bridgehead atoms. The van der Waals surface area contributed by atoms with Crippen molar-refractivity contribution in [2.75, 3.05) is 11.5 Å². The number of para-hydroxylation sites is 1. The molecule has 0 aliphatic carbocycles. The summed E-state index contributed by atoms with van der Waals surface area (Å²) in [7, 11) is 0. The lowest BCUT2D eigenvalue weighted by molar-refractivity contribution is -0.384. The van der Waals surface area contributed by atoms with Crippen LogP contribution in [0, 0.1) is 10.1 Å². The maximum absolute atomic E-state index is 12.4. The number of carbonyl (C=O) groups excluding carboxylic acids is 1. The summed E-state index contributed by atoms with van der Waals surface area (Å²) in [4.78, 5) is 29.3. The van der Waals surface area contributed by atoms with Crippen LogP contribution in [0.15, 0.2) is 59.8 Å². The number of nitrogens with zero attached hydrogens (tertiary/aromatic N) is 3. The average molecular weight is 341 g/mol. The van der Waals surface area contributed by atoms with E-state index in [-0.39, 0.29) is 24.2 Å². The highest BCUT2D eigenvalue weighted by atomic mass is 16.6. The maximum atomic E-state index is 12.4. The fourth-order valence-corrected chi connectivity index (χ4v) is 2.30. The Morgan fingerprint density at radius 3 is 2.60 bits per heavy atom. The Kier molecular flexibility index (Phi) is 6.22. The number of hydrogen-bond donors (Lipinski definition) is 0. The predicted molar refractivity (Wildman–Crippen MR) is 95.7 cm³/mol. The van der Waals surface area contributed by atoms with E-state index in [9.17, 15) is 14.9 Å². The first kappa shape index (κ1) is 18.1. The minimum Gasteiger partial charge on any atom is -0.386 e. The maximum Gasteiger partial charge on any atom is 0.270 e. The summed E-state index contributed by atoms with van der Waals surface area (Å²) in [6.45, 7) is 3.60. The van der Waals surface area contributed by atoms with Crippen LogP contribution < -0.4 is 4.90 Å². The molecule has 25 heavy (non-hydrogen) atoms. The van der Waals surface area contributed by atoms with Crippen LogP contribution in [0.4, 0.5) is 11.4 Å². The molecule has 0 heterocycles. The molecule has 0 aliphatic rings. The molecule has 0 saturated carbocycles. The summed E-state index contributed by atoms with van der Waals surface area (Å²) >= 11 is 0. The van der Waals surface area contributed by atoms with Gasteiger partial charge in [-0.1, -0.05) is 35.5 Å². The number of oxime groups is 1. The van der Waals surface area contributed by atoms with E-state index < -0.39 is 4.92 Å². The van der Waals surface area contributed by atoms with Gasteiger partial charge in [0.2, 0.25) is 0 Å². The molecule has 0 N–H and O–H groups in total. The van der Waals surface area contributed by atoms with Gasteiger partial charge in [0.15, 0.2) is 6.61 Å². The molecule has 0 aromatic heterocycles. The largest absolute Gasteiger partial charge is 0.386 e. The zero-order chi connectivity index (χ0) is 18.2. The zero-order valence-corrected chi connectivity index (χ0v) is 14.0. The summed E-state index contributed by atoms with van der Waals surface area (Å²) in [5.41, 5.74) is 1.27. The molecule has 1 amide bonds. The van der Waals surface area contributed by atoms with Crippen LogP contribution in [0.1, 0.15) is 19.4 Å². The second kappa shape index (κ2) is 8.58. The Labute approximate surface area is 145 Å². The summed E-state index contributed by atoms with van der Waals surface area (Å²) in [5.74, 6) is -0.225. The normalized spacial score (nSPS) is 10.8. The predicted octanol–water partition coefficient (Wildman–Crippen LogP) is 3.39. The highest BCUT2D eigenvalue weighted by molar-refractivity contribution is 5.94. The molecule has 0 unspecified atom stereocenters. The van der Waals surface area contributed by atoms with Gasteiger partial charge >= 0.3 is 0 Å². The molecule has 7 heteroatoms. The van der Waals surface area contributed by atoms with Crippen LogP contribution in [-0.4, -0.2) is 29.7 Å². The van der Waals surface area contributed by atoms with Gasteiger partial charge in [0.25, 0.3) is 11.6 Å². The molecular formula is C18H19N3O4. The van der Waals surface area contributed by atoms with Crippen molar-refractivity contribution in [1.82, 2.24) is 0 Å². The van der Waals surface area contributed by atoms with E-state index in [2.05, 4.69) is 5.16 Å². The third kappa shape index (κ3) is 5.13. The van der Waals surface area contributed by atoms with Crippen LogP contribution in [0.5, 0.6) is 0 Å². The van der Waals surface area contributed by atoms with Crippen molar-refractivity contribution in [3.05, 3.63) is 70.3 Å². The van der Waals surface area contributed by atoms with Crippen molar-refractivity contribution in [2.45, 2.75) is 19.9 Å². The fraction of sp³-hybridized carbons (Fsp3) is 0.222. The second-order valence-corrected chi connectivity index (χ2v) is 5.55. The van der Waals surface area contributed by atoms with E-state index in [1.807, 2.05) is 44.2 Å². The summed E-state index contributed by atoms with van der Waals surface area (Å²) in [5, 5.41) is 14.4. The second-order valence-electron chi connectivity index (χ2n) is 5.55. The number of non-ortho nitro benzene ring substituents is 1. The smallest absolute Gasteiger partial charge is 0.270 e. The Balaban J connectivity index is 1.97. The lowest BCUT2D eigenvalue weighted by Gasteiger charge is -2.26. The Morgan fingerprint density at radius 1 is 1.24 bits per heavy atom. The van der Waals surface area contributed by atoms with Gasteiger partial charge in [-0.25, -0.2) is 0 Å². The Bertz CT molecular complexity index is 760. The summed E-state index contributed by atoms with van der Waals surface area (Å²) < 4.78 is 0. The third-order valence-corrected chi connectivity index (χ3v) is 3.36. The molecule has 7 nitrogen and oxygen atoms in total. The van der Waals surface area contributed by atoms with Crippen molar-refractivity contribution in [3.8, 4) is 0 Å². The van der Waals surface area contributed by atoms with Gasteiger partial charge < -0.3 is 9.74 Å². The van der Waals surface area contributed by atoms with Crippen LogP contribution in [0.2, 0.25) is 0 Å². The molecule has 0 aliphatic heterocycles.